The van der Waals surface area contributed by atoms with Gasteiger partial charge in [-0.15, -0.1) is 0 Å². The van der Waals surface area contributed by atoms with E-state index in [0.717, 1.165) is 11.6 Å². The summed E-state index contributed by atoms with van der Waals surface area (Å²) in [4.78, 5) is 9.43. The standard InChI is InChI=1S/C3H3ClO2.Na/c4-2-1-3(5)6;/h1-2H,(H,5,6);/b2-1-;. The zero-order valence-corrected chi connectivity index (χ0v) is 6.64. The molecule has 0 amide bonds. The molecule has 0 heterocycles. The second-order valence-electron chi connectivity index (χ2n) is 0.631. The first-order chi connectivity index (χ1) is 2.77. The second-order valence-corrected chi connectivity index (χ2v) is 0.883. The minimum absolute atomic E-state index is 0. The van der Waals surface area contributed by atoms with Gasteiger partial charge in [0.15, 0.2) is 0 Å². The van der Waals surface area contributed by atoms with E-state index in [1.54, 1.807) is 0 Å². The van der Waals surface area contributed by atoms with Gasteiger partial charge in [-0.05, 0) is 0 Å². The maximum Gasteiger partial charge on any atom is 0.329 e. The molecule has 0 aliphatic heterocycles. The largest absolute Gasteiger partial charge is 0.478 e. The fraction of sp³-hybridized carbons (Fsp3) is 0. The number of hydrogen-bond donors (Lipinski definition) is 1. The molecule has 0 spiro atoms. The van der Waals surface area contributed by atoms with Gasteiger partial charge in [-0.25, -0.2) is 4.79 Å². The number of halogens is 1. The number of carboxylic acid groups (broad SMARTS) is 1. The van der Waals surface area contributed by atoms with Crippen molar-refractivity contribution in [2.75, 3.05) is 0 Å². The summed E-state index contributed by atoms with van der Waals surface area (Å²) in [6.45, 7) is 0. The summed E-state index contributed by atoms with van der Waals surface area (Å²) in [5, 5.41) is 7.74. The van der Waals surface area contributed by atoms with E-state index < -0.39 is 5.97 Å². The van der Waals surface area contributed by atoms with Crippen LogP contribution in [-0.4, -0.2) is 40.6 Å². The van der Waals surface area contributed by atoms with E-state index in [1.165, 1.54) is 0 Å². The van der Waals surface area contributed by atoms with Crippen LogP contribution in [0.4, 0.5) is 0 Å². The van der Waals surface area contributed by atoms with Crippen LogP contribution in [0.1, 0.15) is 0 Å². The summed E-state index contributed by atoms with van der Waals surface area (Å²) >= 11 is 4.84. The van der Waals surface area contributed by atoms with E-state index in [-0.39, 0.29) is 29.6 Å². The van der Waals surface area contributed by atoms with E-state index in [9.17, 15) is 4.79 Å². The van der Waals surface area contributed by atoms with Gasteiger partial charge in [-0.2, -0.15) is 0 Å². The minimum Gasteiger partial charge on any atom is -0.478 e. The smallest absolute Gasteiger partial charge is 0.329 e. The van der Waals surface area contributed by atoms with Gasteiger partial charge in [-0.1, -0.05) is 11.6 Å². The van der Waals surface area contributed by atoms with Gasteiger partial charge in [0.2, 0.25) is 0 Å². The summed E-state index contributed by atoms with van der Waals surface area (Å²) in [5.74, 6) is -1.02. The van der Waals surface area contributed by atoms with Crippen molar-refractivity contribution >= 4 is 47.1 Å². The van der Waals surface area contributed by atoms with Crippen LogP contribution in [0.3, 0.4) is 0 Å². The summed E-state index contributed by atoms with van der Waals surface area (Å²) in [6.07, 6.45) is 0.849. The Morgan fingerprint density at radius 2 is 2.14 bits per heavy atom. The zero-order valence-electron chi connectivity index (χ0n) is 3.89. The first kappa shape index (κ1) is 10.5. The molecule has 4 heteroatoms. The van der Waals surface area contributed by atoms with E-state index in [2.05, 4.69) is 0 Å². The Labute approximate surface area is 68.5 Å². The predicted molar refractivity (Wildman–Crippen MR) is 28.4 cm³/mol. The topological polar surface area (TPSA) is 37.3 Å². The Bertz CT molecular complexity index is 81.0. The van der Waals surface area contributed by atoms with Crippen LogP contribution in [0.15, 0.2) is 11.6 Å². The molecule has 0 atom stereocenters. The van der Waals surface area contributed by atoms with Crippen LogP contribution in [-0.2, 0) is 4.79 Å². The molecule has 0 saturated heterocycles. The summed E-state index contributed by atoms with van der Waals surface area (Å²) in [5.41, 5.74) is 0.947. The van der Waals surface area contributed by atoms with Crippen molar-refractivity contribution < 1.29 is 9.90 Å². The Balaban J connectivity index is 0. The maximum absolute atomic E-state index is 9.43. The van der Waals surface area contributed by atoms with E-state index in [1.807, 2.05) is 0 Å². The maximum atomic E-state index is 9.43. The predicted octanol–water partition coefficient (Wildman–Crippen LogP) is 0.443. The molecule has 0 saturated carbocycles. The molecule has 1 N–H and O–H groups in total. The molecule has 0 bridgehead atoms. The molecule has 0 rings (SSSR count). The van der Waals surface area contributed by atoms with Crippen LogP contribution >= 0.6 is 11.6 Å². The number of rotatable bonds is 1. The molecule has 0 aromatic carbocycles. The quantitative estimate of drug-likeness (QED) is 0.412. The van der Waals surface area contributed by atoms with Gasteiger partial charge in [0, 0.05) is 41.2 Å². The Morgan fingerprint density at radius 3 is 2.14 bits per heavy atom. The summed E-state index contributed by atoms with van der Waals surface area (Å²) < 4.78 is 0. The van der Waals surface area contributed by atoms with Gasteiger partial charge in [-0.3, -0.25) is 0 Å². The molecule has 7 heavy (non-hydrogen) atoms. The number of carbonyl (C=O) groups is 1. The molecule has 35 valence electrons. The van der Waals surface area contributed by atoms with Crippen molar-refractivity contribution in [1.29, 1.82) is 0 Å². The average molecular weight is 129 g/mol. The van der Waals surface area contributed by atoms with Gasteiger partial charge in [0.25, 0.3) is 0 Å². The van der Waals surface area contributed by atoms with Crippen LogP contribution < -0.4 is 0 Å². The first-order valence-corrected chi connectivity index (χ1v) is 1.70. The molecule has 0 unspecified atom stereocenters. The molecule has 0 aromatic heterocycles. The van der Waals surface area contributed by atoms with Gasteiger partial charge in [0.1, 0.15) is 0 Å². The second kappa shape index (κ2) is 6.50. The minimum atomic E-state index is -1.02. The zero-order chi connectivity index (χ0) is 4.99. The number of hydrogen-bond acceptors (Lipinski definition) is 1. The Kier molecular flexibility index (Phi) is 9.73. The van der Waals surface area contributed by atoms with Gasteiger partial charge >= 0.3 is 5.97 Å². The molecule has 0 aliphatic rings. The van der Waals surface area contributed by atoms with Crippen LogP contribution in [0.2, 0.25) is 0 Å². The summed E-state index contributed by atoms with van der Waals surface area (Å²) in [7, 11) is 0. The number of aliphatic carboxylic acids is 1. The molecule has 0 aromatic rings. The molecule has 2 nitrogen and oxygen atoms in total. The molecular formula is C3H3ClNaO2. The van der Waals surface area contributed by atoms with Gasteiger partial charge in [0.05, 0.1) is 0 Å². The van der Waals surface area contributed by atoms with Gasteiger partial charge < -0.3 is 5.11 Å². The monoisotopic (exact) mass is 129 g/mol. The third-order valence-corrected chi connectivity index (χ3v) is 0.332. The van der Waals surface area contributed by atoms with Crippen molar-refractivity contribution in [2.45, 2.75) is 0 Å². The van der Waals surface area contributed by atoms with E-state index >= 15 is 0 Å². The molecular weight excluding hydrogens is 126 g/mol. The number of carboxylic acids is 1. The third-order valence-electron chi connectivity index (χ3n) is 0.206. The van der Waals surface area contributed by atoms with Crippen molar-refractivity contribution in [3.05, 3.63) is 11.6 Å². The van der Waals surface area contributed by atoms with Crippen molar-refractivity contribution in [3.8, 4) is 0 Å². The fourth-order valence-electron chi connectivity index (χ4n) is 0.0539. The third kappa shape index (κ3) is 10.7. The Morgan fingerprint density at radius 1 is 1.71 bits per heavy atom. The molecule has 0 fully saturated rings. The van der Waals surface area contributed by atoms with Crippen molar-refractivity contribution in [1.82, 2.24) is 0 Å². The average Bonchev–Trinajstić information content (AvgIpc) is 1.35. The van der Waals surface area contributed by atoms with E-state index in [0.29, 0.717) is 0 Å². The van der Waals surface area contributed by atoms with Crippen LogP contribution in [0.5, 0.6) is 0 Å². The molecule has 1 radical (unpaired) electrons. The van der Waals surface area contributed by atoms with Crippen molar-refractivity contribution in [2.24, 2.45) is 0 Å². The van der Waals surface area contributed by atoms with Crippen LogP contribution in [0, 0.1) is 0 Å². The Hall–Kier alpha value is 0.500. The fourth-order valence-corrected chi connectivity index (χ4v) is 0.162. The SMILES string of the molecule is O=C(O)/C=C\Cl.[Na]. The first-order valence-electron chi connectivity index (χ1n) is 1.27. The summed E-state index contributed by atoms with van der Waals surface area (Å²) in [6, 6.07) is 0. The van der Waals surface area contributed by atoms with E-state index in [4.69, 9.17) is 16.7 Å². The normalized spacial score (nSPS) is 8.14. The van der Waals surface area contributed by atoms with Crippen LogP contribution in [0.25, 0.3) is 0 Å². The van der Waals surface area contributed by atoms with Crippen molar-refractivity contribution in [3.63, 3.8) is 0 Å². The molecule has 0 aliphatic carbocycles.